The Labute approximate surface area is 204 Å². The first-order valence-electron chi connectivity index (χ1n) is 9.98. The van der Waals surface area contributed by atoms with Crippen LogP contribution in [-0.4, -0.2) is 17.6 Å². The smallest absolute Gasteiger partial charge is 0.325 e. The van der Waals surface area contributed by atoms with Crippen molar-refractivity contribution in [3.8, 4) is 0 Å². The number of halogens is 3. The fourth-order valence-corrected chi connectivity index (χ4v) is 3.36. The summed E-state index contributed by atoms with van der Waals surface area (Å²) in [6.07, 6.45) is 0. The molecule has 1 amide bonds. The number of amides is 1. The molecule has 0 aliphatic rings. The van der Waals surface area contributed by atoms with Gasteiger partial charge in [0.05, 0.1) is 16.3 Å². The maximum atomic E-state index is 14.8. The lowest BCUT2D eigenvalue weighted by atomic mass is 9.94. The summed E-state index contributed by atoms with van der Waals surface area (Å²) in [4.78, 5) is 30.4. The van der Waals surface area contributed by atoms with Crippen LogP contribution in [0.3, 0.4) is 0 Å². The lowest BCUT2D eigenvalue weighted by Gasteiger charge is -2.20. The molecule has 0 heterocycles. The summed E-state index contributed by atoms with van der Waals surface area (Å²) >= 11 is 9.48. The molecule has 33 heavy (non-hydrogen) atoms. The molecule has 3 aromatic rings. The van der Waals surface area contributed by atoms with Gasteiger partial charge in [0.2, 0.25) is 5.91 Å². The van der Waals surface area contributed by atoms with Crippen LogP contribution < -0.4 is 5.32 Å². The number of oxime groups is 1. The molecular formula is C25H21BrClFN2O3. The first-order chi connectivity index (χ1) is 15.6. The van der Waals surface area contributed by atoms with Gasteiger partial charge in [-0.1, -0.05) is 77.7 Å². The molecule has 8 heteroatoms. The largest absolute Gasteiger partial charge is 0.367 e. The highest BCUT2D eigenvalue weighted by atomic mass is 79.9. The number of anilines is 1. The molecule has 1 N–H and O–H groups in total. The lowest BCUT2D eigenvalue weighted by Crippen LogP contribution is -2.28. The van der Waals surface area contributed by atoms with E-state index in [-0.39, 0.29) is 27.8 Å². The van der Waals surface area contributed by atoms with Crippen LogP contribution in [0, 0.1) is 11.2 Å². The molecule has 3 rings (SSSR count). The highest BCUT2D eigenvalue weighted by molar-refractivity contribution is 9.10. The number of hydrogen-bond acceptors (Lipinski definition) is 4. The molecule has 0 atom stereocenters. The molecule has 0 bridgehead atoms. The van der Waals surface area contributed by atoms with Crippen molar-refractivity contribution in [1.82, 2.24) is 0 Å². The second-order valence-electron chi connectivity index (χ2n) is 8.17. The zero-order valence-corrected chi connectivity index (χ0v) is 20.5. The van der Waals surface area contributed by atoms with E-state index in [0.29, 0.717) is 15.7 Å². The number of carbonyl (C=O) groups excluding carboxylic acids is 2. The average Bonchev–Trinajstić information content (AvgIpc) is 2.76. The van der Waals surface area contributed by atoms with Gasteiger partial charge in [-0.3, -0.25) is 4.79 Å². The van der Waals surface area contributed by atoms with Crippen LogP contribution in [0.15, 0.2) is 76.4 Å². The van der Waals surface area contributed by atoms with Gasteiger partial charge in [0, 0.05) is 21.0 Å². The first kappa shape index (κ1) is 24.6. The summed E-state index contributed by atoms with van der Waals surface area (Å²) in [5, 5.41) is 7.06. The summed E-state index contributed by atoms with van der Waals surface area (Å²) in [5.74, 6) is -1.62. The predicted molar refractivity (Wildman–Crippen MR) is 131 cm³/mol. The van der Waals surface area contributed by atoms with Crippen molar-refractivity contribution in [3.05, 3.63) is 98.7 Å². The van der Waals surface area contributed by atoms with Crippen molar-refractivity contribution in [2.24, 2.45) is 10.6 Å². The third-order valence-corrected chi connectivity index (χ3v) is 5.43. The van der Waals surface area contributed by atoms with E-state index in [1.54, 1.807) is 63.2 Å². The van der Waals surface area contributed by atoms with Crippen LogP contribution in [0.2, 0.25) is 5.02 Å². The molecule has 5 nitrogen and oxygen atoms in total. The van der Waals surface area contributed by atoms with Gasteiger partial charge in [0.15, 0.2) is 0 Å². The minimum absolute atomic E-state index is 0.0269. The summed E-state index contributed by atoms with van der Waals surface area (Å²) in [7, 11) is 0. The van der Waals surface area contributed by atoms with Crippen molar-refractivity contribution in [1.29, 1.82) is 0 Å². The lowest BCUT2D eigenvalue weighted by molar-refractivity contribution is -0.123. The maximum absolute atomic E-state index is 14.8. The van der Waals surface area contributed by atoms with Gasteiger partial charge in [0.1, 0.15) is 11.5 Å². The minimum Gasteiger partial charge on any atom is -0.325 e. The Balaban J connectivity index is 2.11. The average molecular weight is 532 g/mol. The summed E-state index contributed by atoms with van der Waals surface area (Å²) in [6, 6.07) is 17.4. The van der Waals surface area contributed by atoms with E-state index < -0.39 is 17.2 Å². The molecule has 0 fully saturated rings. The number of carbonyl (C=O) groups is 2. The second kappa shape index (κ2) is 10.3. The van der Waals surface area contributed by atoms with Gasteiger partial charge in [-0.2, -0.15) is 0 Å². The van der Waals surface area contributed by atoms with Crippen molar-refractivity contribution < 1.29 is 18.8 Å². The van der Waals surface area contributed by atoms with Crippen molar-refractivity contribution >= 4 is 50.8 Å². The highest BCUT2D eigenvalue weighted by Crippen LogP contribution is 2.28. The van der Waals surface area contributed by atoms with Crippen molar-refractivity contribution in [2.75, 3.05) is 5.32 Å². The zero-order valence-electron chi connectivity index (χ0n) is 18.2. The summed E-state index contributed by atoms with van der Waals surface area (Å²) in [6.45, 7) is 5.33. The number of benzene rings is 3. The van der Waals surface area contributed by atoms with E-state index in [1.807, 2.05) is 0 Å². The topological polar surface area (TPSA) is 67.8 Å². The Morgan fingerprint density at radius 2 is 1.61 bits per heavy atom. The van der Waals surface area contributed by atoms with Crippen LogP contribution in [0.1, 0.15) is 42.3 Å². The van der Waals surface area contributed by atoms with Gasteiger partial charge >= 0.3 is 5.97 Å². The third-order valence-electron chi connectivity index (χ3n) is 4.61. The van der Waals surface area contributed by atoms with Gasteiger partial charge < -0.3 is 10.2 Å². The molecule has 170 valence electrons. The molecular weight excluding hydrogens is 511 g/mol. The SMILES string of the molecule is CC(C)(C)C(=O)Nc1ccc(Br)cc1/C(=N/OC(=O)c1ccccc1Cl)c1ccccc1F. The standard InChI is InChI=1S/C25H21BrClFN2O3/c1-25(2,3)24(32)29-21-13-12-15(26)14-18(21)22(17-9-5-7-11-20(17)28)30-33-23(31)16-8-4-6-10-19(16)27/h4-14H,1-3H3,(H,29,32)/b30-22+. The van der Waals surface area contributed by atoms with Crippen LogP contribution in [0.4, 0.5) is 10.1 Å². The number of nitrogens with zero attached hydrogens (tertiary/aromatic N) is 1. The molecule has 0 radical (unpaired) electrons. The zero-order chi connectivity index (χ0) is 24.2. The molecule has 0 saturated heterocycles. The molecule has 0 spiro atoms. The molecule has 0 saturated carbocycles. The van der Waals surface area contributed by atoms with Crippen LogP contribution in [0.25, 0.3) is 0 Å². The van der Waals surface area contributed by atoms with Crippen LogP contribution in [-0.2, 0) is 9.63 Å². The van der Waals surface area contributed by atoms with Gasteiger partial charge in [-0.05, 0) is 42.5 Å². The Hall–Kier alpha value is -3.03. The van der Waals surface area contributed by atoms with E-state index in [4.69, 9.17) is 16.4 Å². The summed E-state index contributed by atoms with van der Waals surface area (Å²) in [5.41, 5.74) is 0.308. The second-order valence-corrected chi connectivity index (χ2v) is 9.50. The van der Waals surface area contributed by atoms with Crippen molar-refractivity contribution in [2.45, 2.75) is 20.8 Å². The highest BCUT2D eigenvalue weighted by Gasteiger charge is 2.24. The molecule has 0 aliphatic carbocycles. The third kappa shape index (κ3) is 6.06. The van der Waals surface area contributed by atoms with Crippen LogP contribution >= 0.6 is 27.5 Å². The van der Waals surface area contributed by atoms with E-state index in [0.717, 1.165) is 0 Å². The number of rotatable bonds is 5. The molecule has 0 aliphatic heterocycles. The van der Waals surface area contributed by atoms with Crippen LogP contribution in [0.5, 0.6) is 0 Å². The van der Waals surface area contributed by atoms with Gasteiger partial charge in [-0.25, -0.2) is 9.18 Å². The maximum Gasteiger partial charge on any atom is 0.367 e. The predicted octanol–water partition coefficient (Wildman–Crippen LogP) is 6.84. The Morgan fingerprint density at radius 1 is 0.970 bits per heavy atom. The first-order valence-corrected chi connectivity index (χ1v) is 11.1. The van der Waals surface area contributed by atoms with E-state index >= 15 is 0 Å². The normalized spacial score (nSPS) is 11.8. The minimum atomic E-state index is -0.801. The quantitative estimate of drug-likeness (QED) is 0.223. The Bertz CT molecular complexity index is 1240. The van der Waals surface area contributed by atoms with E-state index in [9.17, 15) is 14.0 Å². The van der Waals surface area contributed by atoms with E-state index in [1.165, 1.54) is 24.3 Å². The Morgan fingerprint density at radius 3 is 2.24 bits per heavy atom. The fraction of sp³-hybridized carbons (Fsp3) is 0.160. The molecule has 3 aromatic carbocycles. The number of nitrogens with one attached hydrogen (secondary N) is 1. The number of hydrogen-bond donors (Lipinski definition) is 1. The Kier molecular flexibility index (Phi) is 7.66. The molecule has 0 aromatic heterocycles. The monoisotopic (exact) mass is 530 g/mol. The van der Waals surface area contributed by atoms with E-state index in [2.05, 4.69) is 26.4 Å². The van der Waals surface area contributed by atoms with Gasteiger partial charge in [-0.15, -0.1) is 0 Å². The van der Waals surface area contributed by atoms with Crippen molar-refractivity contribution in [3.63, 3.8) is 0 Å². The molecule has 0 unspecified atom stereocenters. The summed E-state index contributed by atoms with van der Waals surface area (Å²) < 4.78 is 15.4. The fourth-order valence-electron chi connectivity index (χ4n) is 2.79. The van der Waals surface area contributed by atoms with Gasteiger partial charge in [0.25, 0.3) is 0 Å².